The summed E-state index contributed by atoms with van der Waals surface area (Å²) in [6.07, 6.45) is 0. The van der Waals surface area contributed by atoms with Crippen molar-refractivity contribution in [2.45, 2.75) is 13.2 Å². The molecule has 0 saturated heterocycles. The van der Waals surface area contributed by atoms with Crippen LogP contribution in [0, 0.1) is 0 Å². The molecule has 0 atom stereocenters. The fourth-order valence-corrected chi connectivity index (χ4v) is 3.24. The van der Waals surface area contributed by atoms with Crippen LogP contribution in [0.25, 0.3) is 0 Å². The molecule has 29 heavy (non-hydrogen) atoms. The highest BCUT2D eigenvalue weighted by Gasteiger charge is 2.30. The molecule has 0 unspecified atom stereocenters. The highest BCUT2D eigenvalue weighted by molar-refractivity contribution is 6.10. The molecule has 1 heterocycles. The number of ether oxygens (including phenoxy) is 2. The van der Waals surface area contributed by atoms with Gasteiger partial charge in [-0.2, -0.15) is 0 Å². The molecule has 0 aliphatic carbocycles. The van der Waals surface area contributed by atoms with E-state index in [1.54, 1.807) is 17.0 Å². The Hall–Kier alpha value is -3.80. The van der Waals surface area contributed by atoms with Crippen molar-refractivity contribution >= 4 is 17.6 Å². The number of amides is 1. The number of hydrogen-bond donors (Lipinski definition) is 1. The molecule has 0 fully saturated rings. The first-order chi connectivity index (χ1) is 14.1. The van der Waals surface area contributed by atoms with Crippen molar-refractivity contribution in [3.8, 4) is 11.5 Å². The summed E-state index contributed by atoms with van der Waals surface area (Å²) >= 11 is 0. The average Bonchev–Trinajstić information content (AvgIpc) is 3.09. The number of para-hydroxylation sites is 1. The van der Waals surface area contributed by atoms with E-state index in [0.29, 0.717) is 30.2 Å². The number of benzene rings is 3. The topological polar surface area (TPSA) is 76.1 Å². The monoisotopic (exact) mass is 389 g/mol. The first kappa shape index (κ1) is 18.6. The Morgan fingerprint density at radius 2 is 1.69 bits per heavy atom. The van der Waals surface area contributed by atoms with Crippen LogP contribution in [0.3, 0.4) is 0 Å². The van der Waals surface area contributed by atoms with E-state index in [1.807, 2.05) is 60.7 Å². The zero-order valence-corrected chi connectivity index (χ0v) is 15.6. The SMILES string of the molecule is O=C(O)COc1ccc(COc2cccc3c2CN(c2ccccc2)C3=O)cc1. The van der Waals surface area contributed by atoms with Gasteiger partial charge in [-0.3, -0.25) is 4.79 Å². The molecule has 0 aromatic heterocycles. The van der Waals surface area contributed by atoms with Gasteiger partial charge in [-0.05, 0) is 42.0 Å². The molecule has 1 N–H and O–H groups in total. The standard InChI is InChI=1S/C23H19NO5/c25-22(26)15-28-18-11-9-16(10-12-18)14-29-21-8-4-7-19-20(21)13-24(23(19)27)17-5-2-1-3-6-17/h1-12H,13-15H2,(H,25,26). The van der Waals surface area contributed by atoms with E-state index in [9.17, 15) is 9.59 Å². The zero-order valence-electron chi connectivity index (χ0n) is 15.6. The Morgan fingerprint density at radius 3 is 2.41 bits per heavy atom. The second-order valence-electron chi connectivity index (χ2n) is 6.62. The third-order valence-electron chi connectivity index (χ3n) is 4.67. The van der Waals surface area contributed by atoms with Gasteiger partial charge in [-0.1, -0.05) is 36.4 Å². The summed E-state index contributed by atoms with van der Waals surface area (Å²) in [6, 6.07) is 22.1. The summed E-state index contributed by atoms with van der Waals surface area (Å²) in [5.41, 5.74) is 3.30. The summed E-state index contributed by atoms with van der Waals surface area (Å²) in [4.78, 5) is 25.1. The molecule has 1 amide bonds. The Kier molecular flexibility index (Phi) is 5.16. The molecule has 3 aromatic carbocycles. The van der Waals surface area contributed by atoms with E-state index in [-0.39, 0.29) is 12.5 Å². The number of carboxylic acid groups (broad SMARTS) is 1. The van der Waals surface area contributed by atoms with E-state index in [0.717, 1.165) is 16.8 Å². The van der Waals surface area contributed by atoms with Crippen molar-refractivity contribution in [3.05, 3.63) is 89.5 Å². The van der Waals surface area contributed by atoms with Gasteiger partial charge < -0.3 is 19.5 Å². The highest BCUT2D eigenvalue weighted by atomic mass is 16.5. The lowest BCUT2D eigenvalue weighted by Crippen LogP contribution is -2.22. The van der Waals surface area contributed by atoms with Gasteiger partial charge in [0.15, 0.2) is 6.61 Å². The van der Waals surface area contributed by atoms with Gasteiger partial charge in [0.2, 0.25) is 0 Å². The van der Waals surface area contributed by atoms with Gasteiger partial charge in [0.05, 0.1) is 6.54 Å². The number of rotatable bonds is 7. The molecule has 0 saturated carbocycles. The normalized spacial score (nSPS) is 12.6. The second-order valence-corrected chi connectivity index (χ2v) is 6.62. The summed E-state index contributed by atoms with van der Waals surface area (Å²) < 4.78 is 11.1. The minimum absolute atomic E-state index is 0.0309. The molecule has 6 nitrogen and oxygen atoms in total. The Labute approximate surface area is 167 Å². The first-order valence-electron chi connectivity index (χ1n) is 9.17. The molecule has 1 aliphatic heterocycles. The third-order valence-corrected chi connectivity index (χ3v) is 4.67. The zero-order chi connectivity index (χ0) is 20.2. The van der Waals surface area contributed by atoms with Crippen LogP contribution in [0.1, 0.15) is 21.5 Å². The molecule has 0 bridgehead atoms. The van der Waals surface area contributed by atoms with Crippen LogP contribution < -0.4 is 14.4 Å². The third kappa shape index (κ3) is 4.06. The number of nitrogens with zero attached hydrogens (tertiary/aromatic N) is 1. The molecule has 6 heteroatoms. The predicted octanol–water partition coefficient (Wildman–Crippen LogP) is 3.89. The number of fused-ring (bicyclic) bond motifs is 1. The van der Waals surface area contributed by atoms with E-state index in [2.05, 4.69) is 0 Å². The van der Waals surface area contributed by atoms with Crippen molar-refractivity contribution in [1.82, 2.24) is 0 Å². The van der Waals surface area contributed by atoms with E-state index >= 15 is 0 Å². The average molecular weight is 389 g/mol. The Balaban J connectivity index is 1.45. The summed E-state index contributed by atoms with van der Waals surface area (Å²) in [6.45, 7) is 0.420. The molecule has 146 valence electrons. The van der Waals surface area contributed by atoms with Gasteiger partial charge >= 0.3 is 5.97 Å². The largest absolute Gasteiger partial charge is 0.489 e. The van der Waals surface area contributed by atoms with E-state index in [4.69, 9.17) is 14.6 Å². The van der Waals surface area contributed by atoms with Crippen LogP contribution in [0.4, 0.5) is 5.69 Å². The minimum atomic E-state index is -1.02. The van der Waals surface area contributed by atoms with Crippen LogP contribution in [-0.2, 0) is 17.9 Å². The van der Waals surface area contributed by atoms with Gasteiger partial charge in [-0.25, -0.2) is 4.79 Å². The molecule has 0 spiro atoms. The number of hydrogen-bond acceptors (Lipinski definition) is 4. The fraction of sp³-hybridized carbons (Fsp3) is 0.130. The molecule has 4 rings (SSSR count). The van der Waals surface area contributed by atoms with Crippen molar-refractivity contribution < 1.29 is 24.2 Å². The molecule has 1 aliphatic rings. The molecule has 3 aromatic rings. The number of carbonyl (C=O) groups excluding carboxylic acids is 1. The van der Waals surface area contributed by atoms with Crippen LogP contribution in [0.5, 0.6) is 11.5 Å². The molecule has 0 radical (unpaired) electrons. The minimum Gasteiger partial charge on any atom is -0.489 e. The summed E-state index contributed by atoms with van der Waals surface area (Å²) in [5.74, 6) is 0.118. The van der Waals surface area contributed by atoms with Crippen LogP contribution >= 0.6 is 0 Å². The Morgan fingerprint density at radius 1 is 0.931 bits per heavy atom. The van der Waals surface area contributed by atoms with E-state index < -0.39 is 5.97 Å². The first-order valence-corrected chi connectivity index (χ1v) is 9.17. The van der Waals surface area contributed by atoms with Gasteiger partial charge in [0.25, 0.3) is 5.91 Å². The number of anilines is 1. The quantitative estimate of drug-likeness (QED) is 0.663. The predicted molar refractivity (Wildman–Crippen MR) is 107 cm³/mol. The number of carbonyl (C=O) groups is 2. The maximum atomic E-state index is 12.8. The van der Waals surface area contributed by atoms with E-state index in [1.165, 1.54) is 0 Å². The second kappa shape index (κ2) is 8.06. The number of aliphatic carboxylic acids is 1. The smallest absolute Gasteiger partial charge is 0.341 e. The highest BCUT2D eigenvalue weighted by Crippen LogP contribution is 2.34. The Bertz CT molecular complexity index is 1030. The van der Waals surface area contributed by atoms with Gasteiger partial charge in [0.1, 0.15) is 18.1 Å². The van der Waals surface area contributed by atoms with Crippen LogP contribution in [0.2, 0.25) is 0 Å². The van der Waals surface area contributed by atoms with Crippen molar-refractivity contribution in [3.63, 3.8) is 0 Å². The van der Waals surface area contributed by atoms with Crippen molar-refractivity contribution in [2.24, 2.45) is 0 Å². The van der Waals surface area contributed by atoms with Gasteiger partial charge in [0, 0.05) is 16.8 Å². The van der Waals surface area contributed by atoms with Crippen molar-refractivity contribution in [2.75, 3.05) is 11.5 Å². The van der Waals surface area contributed by atoms with Crippen molar-refractivity contribution in [1.29, 1.82) is 0 Å². The maximum Gasteiger partial charge on any atom is 0.341 e. The van der Waals surface area contributed by atoms with Crippen LogP contribution in [0.15, 0.2) is 72.8 Å². The number of carboxylic acids is 1. The molecular weight excluding hydrogens is 370 g/mol. The fourth-order valence-electron chi connectivity index (χ4n) is 3.24. The summed E-state index contributed by atoms with van der Waals surface area (Å²) in [7, 11) is 0. The summed E-state index contributed by atoms with van der Waals surface area (Å²) in [5, 5.41) is 8.65. The lowest BCUT2D eigenvalue weighted by molar-refractivity contribution is -0.139. The molecular formula is C23H19NO5. The lowest BCUT2D eigenvalue weighted by Gasteiger charge is -2.15. The van der Waals surface area contributed by atoms with Gasteiger partial charge in [-0.15, -0.1) is 0 Å². The maximum absolute atomic E-state index is 12.8. The lowest BCUT2D eigenvalue weighted by atomic mass is 10.1. The van der Waals surface area contributed by atoms with Crippen LogP contribution in [-0.4, -0.2) is 23.6 Å².